The van der Waals surface area contributed by atoms with Crippen molar-refractivity contribution in [2.45, 2.75) is 60.6 Å². The molecule has 0 heterocycles. The number of likely N-dealkylation sites (N-methyl/N-ethyl adjacent to an activating group) is 1. The van der Waals surface area contributed by atoms with Gasteiger partial charge in [-0.25, -0.2) is 0 Å². The van der Waals surface area contributed by atoms with Crippen LogP contribution in [0.5, 0.6) is 0 Å². The molecule has 1 atom stereocenters. The molecule has 0 amide bonds. The highest BCUT2D eigenvalue weighted by Gasteiger charge is 2.19. The normalized spacial score (nSPS) is 14.4. The molecule has 0 aromatic rings. The lowest BCUT2D eigenvalue weighted by atomic mass is 10.1. The van der Waals surface area contributed by atoms with Crippen molar-refractivity contribution in [3.8, 4) is 0 Å². The van der Waals surface area contributed by atoms with Crippen LogP contribution < -0.4 is 0 Å². The van der Waals surface area contributed by atoms with Gasteiger partial charge in [0, 0.05) is 19.2 Å². The fraction of sp³-hybridized carbons (Fsp3) is 1.00. The van der Waals surface area contributed by atoms with E-state index >= 15 is 0 Å². The molecule has 0 fully saturated rings. The van der Waals surface area contributed by atoms with Crippen molar-refractivity contribution in [3.05, 3.63) is 0 Å². The maximum absolute atomic E-state index is 6.01. The van der Waals surface area contributed by atoms with Crippen molar-refractivity contribution >= 4 is 0 Å². The van der Waals surface area contributed by atoms with Crippen molar-refractivity contribution in [1.82, 2.24) is 4.90 Å². The Balaban J connectivity index is 4.20. The van der Waals surface area contributed by atoms with E-state index in [1.807, 2.05) is 0 Å². The SMILES string of the molecule is CCN(C[C@@H](OCC(C)C)C(C)C)C(C)C. The summed E-state index contributed by atoms with van der Waals surface area (Å²) in [4.78, 5) is 2.48. The molecule has 0 aromatic heterocycles. The second-order valence-electron chi connectivity index (χ2n) is 5.69. The topological polar surface area (TPSA) is 12.5 Å². The van der Waals surface area contributed by atoms with Gasteiger partial charge in [0.1, 0.15) is 0 Å². The lowest BCUT2D eigenvalue weighted by Crippen LogP contribution is -2.41. The fourth-order valence-electron chi connectivity index (χ4n) is 1.71. The maximum Gasteiger partial charge on any atom is 0.0725 e. The number of rotatable bonds is 8. The van der Waals surface area contributed by atoms with Crippen molar-refractivity contribution in [1.29, 1.82) is 0 Å². The van der Waals surface area contributed by atoms with Crippen molar-refractivity contribution in [2.24, 2.45) is 11.8 Å². The standard InChI is InChI=1S/C14H31NO/c1-8-15(13(6)7)9-14(12(4)5)16-10-11(2)3/h11-14H,8-10H2,1-7H3/t14-/m1/s1. The van der Waals surface area contributed by atoms with Gasteiger partial charge >= 0.3 is 0 Å². The minimum absolute atomic E-state index is 0.366. The molecule has 0 saturated carbocycles. The molecule has 0 radical (unpaired) electrons. The van der Waals surface area contributed by atoms with Crippen LogP contribution in [-0.4, -0.2) is 36.7 Å². The monoisotopic (exact) mass is 229 g/mol. The third-order valence-corrected chi connectivity index (χ3v) is 2.94. The molecule has 0 aromatic carbocycles. The van der Waals surface area contributed by atoms with Crippen LogP contribution >= 0.6 is 0 Å². The minimum Gasteiger partial charge on any atom is -0.376 e. The molecule has 0 bridgehead atoms. The predicted octanol–water partition coefficient (Wildman–Crippen LogP) is 3.41. The van der Waals surface area contributed by atoms with Gasteiger partial charge in [-0.05, 0) is 32.2 Å². The van der Waals surface area contributed by atoms with E-state index in [4.69, 9.17) is 4.74 Å². The summed E-state index contributed by atoms with van der Waals surface area (Å²) in [6, 6.07) is 0.605. The zero-order chi connectivity index (χ0) is 12.7. The van der Waals surface area contributed by atoms with Crippen LogP contribution in [0.2, 0.25) is 0 Å². The van der Waals surface area contributed by atoms with Gasteiger partial charge in [-0.3, -0.25) is 4.90 Å². The summed E-state index contributed by atoms with van der Waals surface area (Å²) in [5, 5.41) is 0. The summed E-state index contributed by atoms with van der Waals surface area (Å²) in [6.07, 6.45) is 0.366. The van der Waals surface area contributed by atoms with Gasteiger partial charge in [-0.1, -0.05) is 34.6 Å². The van der Waals surface area contributed by atoms with E-state index in [2.05, 4.69) is 53.4 Å². The molecular formula is C14H31NO. The highest BCUT2D eigenvalue weighted by atomic mass is 16.5. The number of nitrogens with zero attached hydrogens (tertiary/aromatic N) is 1. The van der Waals surface area contributed by atoms with Crippen molar-refractivity contribution in [3.63, 3.8) is 0 Å². The summed E-state index contributed by atoms with van der Waals surface area (Å²) < 4.78 is 6.01. The Labute approximate surface area is 102 Å². The van der Waals surface area contributed by atoms with E-state index in [-0.39, 0.29) is 0 Å². The summed E-state index contributed by atoms with van der Waals surface area (Å²) in [6.45, 7) is 18.7. The zero-order valence-electron chi connectivity index (χ0n) is 12.3. The second-order valence-corrected chi connectivity index (χ2v) is 5.69. The molecular weight excluding hydrogens is 198 g/mol. The summed E-state index contributed by atoms with van der Waals surface area (Å²) in [7, 11) is 0. The number of hydrogen-bond donors (Lipinski definition) is 0. The van der Waals surface area contributed by atoms with Gasteiger partial charge in [-0.2, -0.15) is 0 Å². The summed E-state index contributed by atoms with van der Waals surface area (Å²) in [5.41, 5.74) is 0. The molecule has 0 spiro atoms. The lowest BCUT2D eigenvalue weighted by Gasteiger charge is -2.32. The van der Waals surface area contributed by atoms with Gasteiger partial charge < -0.3 is 4.74 Å². The Morgan fingerprint density at radius 1 is 1.00 bits per heavy atom. The van der Waals surface area contributed by atoms with Crippen LogP contribution in [0.15, 0.2) is 0 Å². The molecule has 16 heavy (non-hydrogen) atoms. The Bertz CT molecular complexity index is 166. The van der Waals surface area contributed by atoms with Crippen molar-refractivity contribution < 1.29 is 4.74 Å². The van der Waals surface area contributed by atoms with Gasteiger partial charge in [0.25, 0.3) is 0 Å². The summed E-state index contributed by atoms with van der Waals surface area (Å²) in [5.74, 6) is 1.21. The van der Waals surface area contributed by atoms with Crippen LogP contribution in [0.3, 0.4) is 0 Å². The zero-order valence-corrected chi connectivity index (χ0v) is 12.3. The van der Waals surface area contributed by atoms with Gasteiger partial charge in [0.05, 0.1) is 6.10 Å². The largest absolute Gasteiger partial charge is 0.376 e. The summed E-state index contributed by atoms with van der Waals surface area (Å²) >= 11 is 0. The molecule has 0 aliphatic rings. The quantitative estimate of drug-likeness (QED) is 0.632. The van der Waals surface area contributed by atoms with Crippen molar-refractivity contribution in [2.75, 3.05) is 19.7 Å². The minimum atomic E-state index is 0.366. The molecule has 0 rings (SSSR count). The van der Waals surface area contributed by atoms with E-state index in [1.54, 1.807) is 0 Å². The van der Waals surface area contributed by atoms with E-state index in [0.29, 0.717) is 24.0 Å². The average molecular weight is 229 g/mol. The van der Waals surface area contributed by atoms with E-state index in [1.165, 1.54) is 0 Å². The highest BCUT2D eigenvalue weighted by Crippen LogP contribution is 2.12. The van der Waals surface area contributed by atoms with Crippen LogP contribution in [0.4, 0.5) is 0 Å². The van der Waals surface area contributed by atoms with E-state index in [0.717, 1.165) is 19.7 Å². The van der Waals surface area contributed by atoms with Gasteiger partial charge in [0.2, 0.25) is 0 Å². The first-order chi connectivity index (χ1) is 7.38. The Morgan fingerprint density at radius 3 is 1.88 bits per heavy atom. The van der Waals surface area contributed by atoms with E-state index < -0.39 is 0 Å². The van der Waals surface area contributed by atoms with Crippen LogP contribution in [-0.2, 0) is 4.74 Å². The molecule has 98 valence electrons. The molecule has 0 aliphatic heterocycles. The van der Waals surface area contributed by atoms with E-state index in [9.17, 15) is 0 Å². The first-order valence-electron chi connectivity index (χ1n) is 6.74. The third-order valence-electron chi connectivity index (χ3n) is 2.94. The number of ether oxygens (including phenoxy) is 1. The first kappa shape index (κ1) is 15.9. The Kier molecular flexibility index (Phi) is 8.04. The van der Waals surface area contributed by atoms with Crippen LogP contribution in [0, 0.1) is 11.8 Å². The predicted molar refractivity (Wildman–Crippen MR) is 71.8 cm³/mol. The molecule has 0 saturated heterocycles. The Morgan fingerprint density at radius 2 is 1.56 bits per heavy atom. The second kappa shape index (κ2) is 8.08. The molecule has 2 nitrogen and oxygen atoms in total. The van der Waals surface area contributed by atoms with Gasteiger partial charge in [0.15, 0.2) is 0 Å². The fourth-order valence-corrected chi connectivity index (χ4v) is 1.71. The molecule has 0 unspecified atom stereocenters. The third kappa shape index (κ3) is 6.49. The average Bonchev–Trinajstić information content (AvgIpc) is 2.16. The maximum atomic E-state index is 6.01. The lowest BCUT2D eigenvalue weighted by molar-refractivity contribution is -0.0179. The van der Waals surface area contributed by atoms with Crippen LogP contribution in [0.25, 0.3) is 0 Å². The highest BCUT2D eigenvalue weighted by molar-refractivity contribution is 4.71. The van der Waals surface area contributed by atoms with Crippen LogP contribution in [0.1, 0.15) is 48.5 Å². The smallest absolute Gasteiger partial charge is 0.0725 e. The molecule has 2 heteroatoms. The number of hydrogen-bond acceptors (Lipinski definition) is 2. The molecule has 0 N–H and O–H groups in total. The van der Waals surface area contributed by atoms with Gasteiger partial charge in [-0.15, -0.1) is 0 Å². The first-order valence-corrected chi connectivity index (χ1v) is 6.74. The Hall–Kier alpha value is -0.0800. The molecule has 0 aliphatic carbocycles.